The van der Waals surface area contributed by atoms with Gasteiger partial charge in [0, 0.05) is 22.5 Å². The van der Waals surface area contributed by atoms with E-state index in [9.17, 15) is 4.79 Å². The summed E-state index contributed by atoms with van der Waals surface area (Å²) in [7, 11) is 1.60. The lowest BCUT2D eigenvalue weighted by atomic mass is 10.2. The zero-order chi connectivity index (χ0) is 15.2. The molecule has 0 heterocycles. The van der Waals surface area contributed by atoms with Gasteiger partial charge < -0.3 is 15.4 Å². The molecule has 2 aromatic rings. The van der Waals surface area contributed by atoms with Crippen molar-refractivity contribution >= 4 is 28.9 Å². The molecule has 1 amide bonds. The maximum Gasteiger partial charge on any atom is 0.243 e. The van der Waals surface area contributed by atoms with E-state index >= 15 is 0 Å². The van der Waals surface area contributed by atoms with E-state index in [1.807, 2.05) is 43.3 Å². The SMILES string of the molecule is COc1cccc(NCC(=O)Nc2ccc(C)c(Cl)c2)c1. The van der Waals surface area contributed by atoms with Gasteiger partial charge >= 0.3 is 0 Å². The van der Waals surface area contributed by atoms with Gasteiger partial charge in [-0.05, 0) is 36.8 Å². The number of hydrogen-bond acceptors (Lipinski definition) is 3. The number of methoxy groups -OCH3 is 1. The normalized spacial score (nSPS) is 10.0. The summed E-state index contributed by atoms with van der Waals surface area (Å²) in [6.45, 7) is 2.08. The van der Waals surface area contributed by atoms with Gasteiger partial charge in [-0.2, -0.15) is 0 Å². The Bertz CT molecular complexity index is 644. The van der Waals surface area contributed by atoms with Crippen LogP contribution in [0, 0.1) is 6.92 Å². The third kappa shape index (κ3) is 4.39. The van der Waals surface area contributed by atoms with Crippen molar-refractivity contribution in [1.29, 1.82) is 0 Å². The molecule has 2 N–H and O–H groups in total. The van der Waals surface area contributed by atoms with E-state index in [4.69, 9.17) is 16.3 Å². The molecule has 0 radical (unpaired) electrons. The van der Waals surface area contributed by atoms with Crippen LogP contribution in [0.15, 0.2) is 42.5 Å². The summed E-state index contributed by atoms with van der Waals surface area (Å²) in [5.41, 5.74) is 2.48. The summed E-state index contributed by atoms with van der Waals surface area (Å²) in [5, 5.41) is 6.46. The molecule has 5 heteroatoms. The van der Waals surface area contributed by atoms with E-state index in [0.29, 0.717) is 10.7 Å². The Balaban J connectivity index is 1.91. The largest absolute Gasteiger partial charge is 0.497 e. The van der Waals surface area contributed by atoms with Crippen LogP contribution in [0.1, 0.15) is 5.56 Å². The van der Waals surface area contributed by atoms with Crippen LogP contribution in [0.2, 0.25) is 5.02 Å². The molecule has 0 saturated carbocycles. The van der Waals surface area contributed by atoms with Crippen LogP contribution in [-0.2, 0) is 4.79 Å². The van der Waals surface area contributed by atoms with Gasteiger partial charge in [0.25, 0.3) is 0 Å². The summed E-state index contributed by atoms with van der Waals surface area (Å²) in [4.78, 5) is 11.9. The highest BCUT2D eigenvalue weighted by atomic mass is 35.5. The molecule has 0 unspecified atom stereocenters. The van der Waals surface area contributed by atoms with Crippen LogP contribution >= 0.6 is 11.6 Å². The molecular formula is C16H17ClN2O2. The molecule has 0 saturated heterocycles. The van der Waals surface area contributed by atoms with Gasteiger partial charge in [0.1, 0.15) is 5.75 Å². The predicted molar refractivity (Wildman–Crippen MR) is 86.3 cm³/mol. The Labute approximate surface area is 129 Å². The predicted octanol–water partition coefficient (Wildman–Crippen LogP) is 3.71. The lowest BCUT2D eigenvalue weighted by Gasteiger charge is -2.09. The average molecular weight is 305 g/mol. The molecule has 2 aromatic carbocycles. The van der Waals surface area contributed by atoms with Crippen molar-refractivity contribution in [3.63, 3.8) is 0 Å². The smallest absolute Gasteiger partial charge is 0.243 e. The quantitative estimate of drug-likeness (QED) is 0.885. The molecule has 21 heavy (non-hydrogen) atoms. The standard InChI is InChI=1S/C16H17ClN2O2/c1-11-6-7-13(9-15(11)17)19-16(20)10-18-12-4-3-5-14(8-12)21-2/h3-9,18H,10H2,1-2H3,(H,19,20). The summed E-state index contributed by atoms with van der Waals surface area (Å²) in [6, 6.07) is 12.8. The van der Waals surface area contributed by atoms with E-state index in [0.717, 1.165) is 17.0 Å². The van der Waals surface area contributed by atoms with Gasteiger partial charge in [-0.25, -0.2) is 0 Å². The lowest BCUT2D eigenvalue weighted by molar-refractivity contribution is -0.114. The van der Waals surface area contributed by atoms with Gasteiger partial charge in [-0.1, -0.05) is 23.7 Å². The van der Waals surface area contributed by atoms with E-state index in [2.05, 4.69) is 10.6 Å². The van der Waals surface area contributed by atoms with Gasteiger partial charge in [-0.15, -0.1) is 0 Å². The van der Waals surface area contributed by atoms with Gasteiger partial charge in [0.05, 0.1) is 13.7 Å². The van der Waals surface area contributed by atoms with E-state index < -0.39 is 0 Å². The highest BCUT2D eigenvalue weighted by Gasteiger charge is 2.04. The topological polar surface area (TPSA) is 50.4 Å². The second-order valence-electron chi connectivity index (χ2n) is 4.60. The molecule has 0 fully saturated rings. The molecule has 0 atom stereocenters. The summed E-state index contributed by atoms with van der Waals surface area (Å²) < 4.78 is 5.13. The van der Waals surface area contributed by atoms with Crippen LogP contribution < -0.4 is 15.4 Å². The monoisotopic (exact) mass is 304 g/mol. The Hall–Kier alpha value is -2.20. The number of nitrogens with one attached hydrogen (secondary N) is 2. The zero-order valence-corrected chi connectivity index (χ0v) is 12.7. The van der Waals surface area contributed by atoms with Crippen molar-refractivity contribution in [1.82, 2.24) is 0 Å². The Morgan fingerprint density at radius 1 is 1.19 bits per heavy atom. The Morgan fingerprint density at radius 2 is 2.00 bits per heavy atom. The van der Waals surface area contributed by atoms with Crippen molar-refractivity contribution in [2.45, 2.75) is 6.92 Å². The van der Waals surface area contributed by atoms with Crippen LogP contribution in [-0.4, -0.2) is 19.6 Å². The van der Waals surface area contributed by atoms with Crippen molar-refractivity contribution < 1.29 is 9.53 Å². The molecule has 4 nitrogen and oxygen atoms in total. The maximum absolute atomic E-state index is 11.9. The van der Waals surface area contributed by atoms with Crippen molar-refractivity contribution in [2.24, 2.45) is 0 Å². The van der Waals surface area contributed by atoms with Crippen molar-refractivity contribution in [2.75, 3.05) is 24.3 Å². The average Bonchev–Trinajstić information content (AvgIpc) is 2.49. The van der Waals surface area contributed by atoms with Crippen LogP contribution in [0.3, 0.4) is 0 Å². The molecule has 0 aliphatic carbocycles. The number of ether oxygens (including phenoxy) is 1. The first kappa shape index (κ1) is 15.2. The summed E-state index contributed by atoms with van der Waals surface area (Å²) >= 11 is 6.02. The molecule has 0 aliphatic heterocycles. The van der Waals surface area contributed by atoms with Crippen LogP contribution in [0.4, 0.5) is 11.4 Å². The zero-order valence-electron chi connectivity index (χ0n) is 11.9. The fourth-order valence-electron chi connectivity index (χ4n) is 1.79. The second-order valence-corrected chi connectivity index (χ2v) is 5.00. The number of aryl methyl sites for hydroxylation is 1. The highest BCUT2D eigenvalue weighted by molar-refractivity contribution is 6.31. The van der Waals surface area contributed by atoms with Gasteiger partial charge in [0.15, 0.2) is 0 Å². The first-order valence-electron chi connectivity index (χ1n) is 6.52. The van der Waals surface area contributed by atoms with Gasteiger partial charge in [0.2, 0.25) is 5.91 Å². The number of hydrogen-bond donors (Lipinski definition) is 2. The number of carbonyl (C=O) groups is 1. The molecule has 0 aliphatic rings. The van der Waals surface area contributed by atoms with Crippen LogP contribution in [0.25, 0.3) is 0 Å². The number of anilines is 2. The van der Waals surface area contributed by atoms with E-state index in [1.54, 1.807) is 13.2 Å². The lowest BCUT2D eigenvalue weighted by Crippen LogP contribution is -2.21. The minimum atomic E-state index is -0.141. The molecule has 2 rings (SSSR count). The van der Waals surface area contributed by atoms with Crippen molar-refractivity contribution in [3.05, 3.63) is 53.1 Å². The first-order valence-corrected chi connectivity index (χ1v) is 6.90. The third-order valence-corrected chi connectivity index (χ3v) is 3.39. The molecule has 0 bridgehead atoms. The second kappa shape index (κ2) is 6.99. The first-order chi connectivity index (χ1) is 10.1. The van der Waals surface area contributed by atoms with E-state index in [-0.39, 0.29) is 12.5 Å². The van der Waals surface area contributed by atoms with Crippen molar-refractivity contribution in [3.8, 4) is 5.75 Å². The van der Waals surface area contributed by atoms with E-state index in [1.165, 1.54) is 0 Å². The number of amides is 1. The number of rotatable bonds is 5. The molecular weight excluding hydrogens is 288 g/mol. The summed E-state index contributed by atoms with van der Waals surface area (Å²) in [6.07, 6.45) is 0. The molecule has 110 valence electrons. The number of benzene rings is 2. The maximum atomic E-state index is 11.9. The fourth-order valence-corrected chi connectivity index (χ4v) is 1.97. The molecule has 0 aromatic heterocycles. The Kier molecular flexibility index (Phi) is 5.06. The number of carbonyl (C=O) groups excluding carboxylic acids is 1. The highest BCUT2D eigenvalue weighted by Crippen LogP contribution is 2.20. The molecule has 0 spiro atoms. The Morgan fingerprint density at radius 3 is 2.71 bits per heavy atom. The van der Waals surface area contributed by atoms with Gasteiger partial charge in [-0.3, -0.25) is 4.79 Å². The minimum Gasteiger partial charge on any atom is -0.497 e. The van der Waals surface area contributed by atoms with Crippen LogP contribution in [0.5, 0.6) is 5.75 Å². The number of halogens is 1. The fraction of sp³-hybridized carbons (Fsp3) is 0.188. The minimum absolute atomic E-state index is 0.141. The third-order valence-electron chi connectivity index (χ3n) is 2.98. The summed E-state index contributed by atoms with van der Waals surface area (Å²) in [5.74, 6) is 0.600.